The molecule has 7 heteroatoms. The molecule has 2 aliphatic rings. The van der Waals surface area contributed by atoms with Crippen LogP contribution in [0.4, 0.5) is 0 Å². The highest BCUT2D eigenvalue weighted by atomic mass is 16.6. The van der Waals surface area contributed by atoms with Gasteiger partial charge in [0.15, 0.2) is 0 Å². The fourth-order valence-corrected chi connectivity index (χ4v) is 6.49. The maximum atomic E-state index is 12.2. The number of methoxy groups -OCH3 is 1. The summed E-state index contributed by atoms with van der Waals surface area (Å²) in [5.41, 5.74) is 3.19. The molecule has 0 saturated heterocycles. The Balaban J connectivity index is 1.40. The second-order valence-electron chi connectivity index (χ2n) is 12.5. The van der Waals surface area contributed by atoms with E-state index in [1.165, 1.54) is 82.4 Å². The standard InChI is InChI=1S/C36H54O7/c1-5-6-7-8-28-9-11-30(12-10-28)31-13-15-32(16-14-31)33-17-19-34(20-18-33)41-23-29(24-42-35(38)26(2)21-37)25-43-36(39)27(3)22-40-4/h9-12,29,31-34,37H,2-3,5-8,13-25H2,1,4H3. The molecule has 43 heavy (non-hydrogen) atoms. The summed E-state index contributed by atoms with van der Waals surface area (Å²) >= 11 is 0. The van der Waals surface area contributed by atoms with Gasteiger partial charge in [-0.05, 0) is 93.1 Å². The summed E-state index contributed by atoms with van der Waals surface area (Å²) in [7, 11) is 1.48. The minimum absolute atomic E-state index is 0.00204. The Bertz CT molecular complexity index is 1000. The third-order valence-corrected chi connectivity index (χ3v) is 9.23. The number of aliphatic hydroxyl groups excluding tert-OH is 1. The zero-order valence-corrected chi connectivity index (χ0v) is 26.5. The molecular formula is C36H54O7. The van der Waals surface area contributed by atoms with Crippen LogP contribution in [0.5, 0.6) is 0 Å². The van der Waals surface area contributed by atoms with Crippen LogP contribution in [0.3, 0.4) is 0 Å². The lowest BCUT2D eigenvalue weighted by atomic mass is 9.69. The van der Waals surface area contributed by atoms with E-state index in [0.29, 0.717) is 12.5 Å². The molecule has 0 heterocycles. The van der Waals surface area contributed by atoms with E-state index in [-0.39, 0.29) is 43.0 Å². The smallest absolute Gasteiger partial charge is 0.335 e. The Hall–Kier alpha value is -2.48. The molecule has 0 radical (unpaired) electrons. The second kappa shape index (κ2) is 19.0. The maximum absolute atomic E-state index is 12.2. The van der Waals surface area contributed by atoms with Crippen LogP contribution in [0, 0.1) is 17.8 Å². The summed E-state index contributed by atoms with van der Waals surface area (Å²) in [5.74, 6) is 0.702. The highest BCUT2D eigenvalue weighted by Crippen LogP contribution is 2.43. The lowest BCUT2D eigenvalue weighted by Crippen LogP contribution is -2.31. The Labute approximate surface area is 259 Å². The number of esters is 2. The predicted octanol–water partition coefficient (Wildman–Crippen LogP) is 6.72. The van der Waals surface area contributed by atoms with Crippen LogP contribution in [0.15, 0.2) is 48.6 Å². The van der Waals surface area contributed by atoms with Gasteiger partial charge in [0.05, 0.1) is 56.2 Å². The van der Waals surface area contributed by atoms with Crippen molar-refractivity contribution >= 4 is 11.9 Å². The molecule has 7 nitrogen and oxygen atoms in total. The molecule has 3 rings (SSSR count). The van der Waals surface area contributed by atoms with Gasteiger partial charge < -0.3 is 24.1 Å². The van der Waals surface area contributed by atoms with Crippen molar-refractivity contribution in [1.82, 2.24) is 0 Å². The van der Waals surface area contributed by atoms with Gasteiger partial charge in [-0.2, -0.15) is 0 Å². The van der Waals surface area contributed by atoms with E-state index in [2.05, 4.69) is 44.3 Å². The third-order valence-electron chi connectivity index (χ3n) is 9.23. The number of benzene rings is 1. The quantitative estimate of drug-likeness (QED) is 0.114. The maximum Gasteiger partial charge on any atom is 0.335 e. The van der Waals surface area contributed by atoms with Crippen LogP contribution in [-0.2, 0) is 35.0 Å². The van der Waals surface area contributed by atoms with Crippen molar-refractivity contribution in [2.24, 2.45) is 17.8 Å². The van der Waals surface area contributed by atoms with Crippen molar-refractivity contribution in [2.45, 2.75) is 96.0 Å². The average Bonchev–Trinajstić information content (AvgIpc) is 3.04. The Morgan fingerprint density at radius 1 is 0.837 bits per heavy atom. The molecule has 1 unspecified atom stereocenters. The second-order valence-corrected chi connectivity index (χ2v) is 12.5. The van der Waals surface area contributed by atoms with E-state index in [1.54, 1.807) is 0 Å². The Morgan fingerprint density at radius 2 is 1.42 bits per heavy atom. The lowest BCUT2D eigenvalue weighted by molar-refractivity contribution is -0.147. The number of aryl methyl sites for hydroxylation is 1. The monoisotopic (exact) mass is 598 g/mol. The van der Waals surface area contributed by atoms with Crippen molar-refractivity contribution in [1.29, 1.82) is 0 Å². The number of hydrogen-bond acceptors (Lipinski definition) is 7. The predicted molar refractivity (Wildman–Crippen MR) is 169 cm³/mol. The first kappa shape index (κ1) is 35.0. The third kappa shape index (κ3) is 11.8. The molecule has 1 aromatic carbocycles. The van der Waals surface area contributed by atoms with Gasteiger partial charge in [0.1, 0.15) is 0 Å². The van der Waals surface area contributed by atoms with E-state index < -0.39 is 18.5 Å². The number of ether oxygens (including phenoxy) is 4. The van der Waals surface area contributed by atoms with Gasteiger partial charge in [-0.25, -0.2) is 9.59 Å². The van der Waals surface area contributed by atoms with Gasteiger partial charge in [-0.3, -0.25) is 0 Å². The number of carbonyl (C=O) groups excluding carboxylic acids is 2. The van der Waals surface area contributed by atoms with Gasteiger partial charge in [0.2, 0.25) is 0 Å². The Morgan fingerprint density at radius 3 is 1.98 bits per heavy atom. The van der Waals surface area contributed by atoms with Crippen LogP contribution in [0.1, 0.15) is 94.6 Å². The van der Waals surface area contributed by atoms with Gasteiger partial charge >= 0.3 is 11.9 Å². The van der Waals surface area contributed by atoms with Gasteiger partial charge in [-0.1, -0.05) is 57.2 Å². The summed E-state index contributed by atoms with van der Waals surface area (Å²) < 4.78 is 21.9. The highest BCUT2D eigenvalue weighted by Gasteiger charge is 2.32. The highest BCUT2D eigenvalue weighted by molar-refractivity contribution is 5.88. The average molecular weight is 599 g/mol. The fourth-order valence-electron chi connectivity index (χ4n) is 6.49. The molecule has 2 saturated carbocycles. The summed E-state index contributed by atoms with van der Waals surface area (Å²) in [6.45, 7) is 9.38. The van der Waals surface area contributed by atoms with Crippen molar-refractivity contribution in [2.75, 3.05) is 40.1 Å². The van der Waals surface area contributed by atoms with Crippen molar-refractivity contribution < 1.29 is 33.6 Å². The number of rotatable bonds is 18. The molecule has 2 fully saturated rings. The van der Waals surface area contributed by atoms with E-state index in [4.69, 9.17) is 24.1 Å². The number of carbonyl (C=O) groups is 2. The summed E-state index contributed by atoms with van der Waals surface area (Å²) in [6, 6.07) is 9.45. The van der Waals surface area contributed by atoms with E-state index in [0.717, 1.165) is 24.7 Å². The molecule has 0 aromatic heterocycles. The van der Waals surface area contributed by atoms with Gasteiger partial charge in [-0.15, -0.1) is 0 Å². The Kier molecular flexibility index (Phi) is 15.5. The van der Waals surface area contributed by atoms with E-state index in [1.807, 2.05) is 0 Å². The van der Waals surface area contributed by atoms with Crippen molar-refractivity contribution in [3.63, 3.8) is 0 Å². The molecule has 1 atom stereocenters. The molecule has 2 aliphatic carbocycles. The summed E-state index contributed by atoms with van der Waals surface area (Å²) in [4.78, 5) is 24.2. The first-order chi connectivity index (χ1) is 20.8. The van der Waals surface area contributed by atoms with E-state index in [9.17, 15) is 9.59 Å². The van der Waals surface area contributed by atoms with Crippen LogP contribution in [0.25, 0.3) is 0 Å². The zero-order chi connectivity index (χ0) is 31.0. The number of hydrogen-bond donors (Lipinski definition) is 1. The molecule has 1 N–H and O–H groups in total. The topological polar surface area (TPSA) is 91.3 Å². The van der Waals surface area contributed by atoms with Gasteiger partial charge in [0, 0.05) is 7.11 Å². The molecule has 0 amide bonds. The largest absolute Gasteiger partial charge is 0.462 e. The van der Waals surface area contributed by atoms with Crippen molar-refractivity contribution in [3.05, 3.63) is 59.7 Å². The van der Waals surface area contributed by atoms with E-state index >= 15 is 0 Å². The van der Waals surface area contributed by atoms with Crippen molar-refractivity contribution in [3.8, 4) is 0 Å². The molecule has 0 bridgehead atoms. The lowest BCUT2D eigenvalue weighted by Gasteiger charge is -2.38. The minimum Gasteiger partial charge on any atom is -0.462 e. The van der Waals surface area contributed by atoms with Crippen LogP contribution in [-0.4, -0.2) is 63.3 Å². The molecule has 1 aromatic rings. The number of unbranched alkanes of at least 4 members (excludes halogenated alkanes) is 2. The molecular weight excluding hydrogens is 544 g/mol. The van der Waals surface area contributed by atoms with Crippen LogP contribution >= 0.6 is 0 Å². The van der Waals surface area contributed by atoms with Crippen LogP contribution < -0.4 is 0 Å². The normalized spacial score (nSPS) is 22.9. The summed E-state index contributed by atoms with van der Waals surface area (Å²) in [5, 5.41) is 9.14. The van der Waals surface area contributed by atoms with Gasteiger partial charge in [0.25, 0.3) is 0 Å². The SMILES string of the molecule is C=C(CO)C(=O)OCC(COC(=O)C(=C)COC)COC1CCC(C2CCC(c3ccc(CCCCC)cc3)CC2)CC1. The molecule has 240 valence electrons. The molecule has 0 spiro atoms. The first-order valence-electron chi connectivity index (χ1n) is 16.3. The van der Waals surface area contributed by atoms with Crippen LogP contribution in [0.2, 0.25) is 0 Å². The first-order valence-corrected chi connectivity index (χ1v) is 16.3. The summed E-state index contributed by atoms with van der Waals surface area (Å²) in [6.07, 6.45) is 14.8. The number of aliphatic hydroxyl groups is 1. The molecule has 0 aliphatic heterocycles. The fraction of sp³-hybridized carbons (Fsp3) is 0.667. The minimum atomic E-state index is -0.669. The zero-order valence-electron chi connectivity index (χ0n) is 26.5.